The summed E-state index contributed by atoms with van der Waals surface area (Å²) in [5.74, 6) is 0. The first kappa shape index (κ1) is 15.7. The Kier molecular flexibility index (Phi) is 4.16. The number of aromatic nitrogens is 2. The zero-order valence-electron chi connectivity index (χ0n) is 13.6. The number of halogens is 1. The second kappa shape index (κ2) is 6.61. The first-order chi connectivity index (χ1) is 12.2. The fraction of sp³-hybridized carbons (Fsp3) is 0.0952. The van der Waals surface area contributed by atoms with Gasteiger partial charge in [0.2, 0.25) is 0 Å². The van der Waals surface area contributed by atoms with Crippen molar-refractivity contribution in [1.29, 1.82) is 0 Å². The quantitative estimate of drug-likeness (QED) is 0.531. The van der Waals surface area contributed by atoms with E-state index in [1.165, 1.54) is 0 Å². The fourth-order valence-corrected chi connectivity index (χ4v) is 3.37. The highest BCUT2D eigenvalue weighted by Gasteiger charge is 2.13. The van der Waals surface area contributed by atoms with E-state index in [0.717, 1.165) is 22.2 Å². The maximum atomic E-state index is 13.1. The molecule has 4 heteroatoms. The molecule has 0 saturated heterocycles. The van der Waals surface area contributed by atoms with E-state index in [9.17, 15) is 4.79 Å². The lowest BCUT2D eigenvalue weighted by atomic mass is 10.2. The van der Waals surface area contributed by atoms with Gasteiger partial charge in [0.05, 0.1) is 24.1 Å². The molecule has 0 fully saturated rings. The summed E-state index contributed by atoms with van der Waals surface area (Å²) in [6.07, 6.45) is 0. The van der Waals surface area contributed by atoms with E-state index in [1.807, 2.05) is 88.0 Å². The summed E-state index contributed by atoms with van der Waals surface area (Å²) >= 11 is 6.09. The first-order valence-electron chi connectivity index (χ1n) is 8.19. The van der Waals surface area contributed by atoms with Gasteiger partial charge in [-0.1, -0.05) is 66.2 Å². The van der Waals surface area contributed by atoms with Gasteiger partial charge in [-0.05, 0) is 35.4 Å². The van der Waals surface area contributed by atoms with Gasteiger partial charge in [0.15, 0.2) is 0 Å². The predicted octanol–water partition coefficient (Wildman–Crippen LogP) is 4.55. The highest BCUT2D eigenvalue weighted by molar-refractivity contribution is 6.30. The lowest BCUT2D eigenvalue weighted by Gasteiger charge is -2.04. The van der Waals surface area contributed by atoms with Gasteiger partial charge >= 0.3 is 5.69 Å². The second-order valence-corrected chi connectivity index (χ2v) is 6.50. The molecule has 0 amide bonds. The van der Waals surface area contributed by atoms with Gasteiger partial charge in [-0.3, -0.25) is 9.13 Å². The van der Waals surface area contributed by atoms with Crippen molar-refractivity contribution in [2.24, 2.45) is 0 Å². The Bertz CT molecular complexity index is 1080. The number of hydrogen-bond acceptors (Lipinski definition) is 1. The Labute approximate surface area is 150 Å². The minimum absolute atomic E-state index is 0.00923. The molecule has 25 heavy (non-hydrogen) atoms. The molecule has 124 valence electrons. The van der Waals surface area contributed by atoms with Crippen LogP contribution in [0.3, 0.4) is 0 Å². The molecule has 0 bridgehead atoms. The summed E-state index contributed by atoms with van der Waals surface area (Å²) in [5.41, 5.74) is 3.99. The Balaban J connectivity index is 1.82. The van der Waals surface area contributed by atoms with Gasteiger partial charge in [-0.25, -0.2) is 4.79 Å². The number of hydrogen-bond donors (Lipinski definition) is 0. The third kappa shape index (κ3) is 3.11. The SMILES string of the molecule is O=c1n(Cc2ccccc2)c2ccccc2n1Cc1cccc(Cl)c1. The molecule has 4 aromatic rings. The Morgan fingerprint density at radius 1 is 0.680 bits per heavy atom. The summed E-state index contributed by atoms with van der Waals surface area (Å²) in [4.78, 5) is 13.1. The van der Waals surface area contributed by atoms with Gasteiger partial charge in [0, 0.05) is 5.02 Å². The molecule has 0 aliphatic rings. The number of imidazole rings is 1. The normalized spacial score (nSPS) is 11.1. The minimum Gasteiger partial charge on any atom is -0.287 e. The van der Waals surface area contributed by atoms with Crippen molar-refractivity contribution in [3.05, 3.63) is 105 Å². The smallest absolute Gasteiger partial charge is 0.287 e. The van der Waals surface area contributed by atoms with E-state index in [1.54, 1.807) is 0 Å². The van der Waals surface area contributed by atoms with Crippen LogP contribution in [0, 0.1) is 0 Å². The topological polar surface area (TPSA) is 26.9 Å². The monoisotopic (exact) mass is 348 g/mol. The lowest BCUT2D eigenvalue weighted by Crippen LogP contribution is -2.25. The van der Waals surface area contributed by atoms with Crippen molar-refractivity contribution >= 4 is 22.6 Å². The largest absolute Gasteiger partial charge is 0.329 e. The molecular weight excluding hydrogens is 332 g/mol. The van der Waals surface area contributed by atoms with Crippen molar-refractivity contribution in [2.45, 2.75) is 13.1 Å². The summed E-state index contributed by atoms with van der Waals surface area (Å²) < 4.78 is 3.64. The third-order valence-corrected chi connectivity index (χ3v) is 4.57. The average molecular weight is 349 g/mol. The molecule has 0 N–H and O–H groups in total. The van der Waals surface area contributed by atoms with Crippen LogP contribution in [0.2, 0.25) is 5.02 Å². The summed E-state index contributed by atoms with van der Waals surface area (Å²) in [6, 6.07) is 25.6. The average Bonchev–Trinajstić information content (AvgIpc) is 2.89. The Hall–Kier alpha value is -2.78. The van der Waals surface area contributed by atoms with Crippen LogP contribution in [0.5, 0.6) is 0 Å². The fourth-order valence-electron chi connectivity index (χ4n) is 3.16. The maximum absolute atomic E-state index is 13.1. The van der Waals surface area contributed by atoms with Gasteiger partial charge in [0.25, 0.3) is 0 Å². The number of benzene rings is 3. The van der Waals surface area contributed by atoms with Gasteiger partial charge in [0.1, 0.15) is 0 Å². The minimum atomic E-state index is -0.00923. The third-order valence-electron chi connectivity index (χ3n) is 4.34. The number of nitrogens with zero attached hydrogens (tertiary/aromatic N) is 2. The molecule has 0 atom stereocenters. The van der Waals surface area contributed by atoms with Crippen molar-refractivity contribution in [3.63, 3.8) is 0 Å². The van der Waals surface area contributed by atoms with Crippen LogP contribution < -0.4 is 5.69 Å². The zero-order valence-corrected chi connectivity index (χ0v) is 14.4. The standard InChI is InChI=1S/C21H17ClN2O/c22-18-10-6-9-17(13-18)15-24-20-12-5-4-11-19(20)23(21(24)25)14-16-7-2-1-3-8-16/h1-13H,14-15H2. The summed E-state index contributed by atoms with van der Waals surface area (Å²) in [6.45, 7) is 1.06. The van der Waals surface area contributed by atoms with Crippen LogP contribution in [0.1, 0.15) is 11.1 Å². The Morgan fingerprint density at radius 3 is 1.88 bits per heavy atom. The molecule has 0 spiro atoms. The molecule has 3 aromatic carbocycles. The molecule has 3 nitrogen and oxygen atoms in total. The summed E-state index contributed by atoms with van der Waals surface area (Å²) in [7, 11) is 0. The maximum Gasteiger partial charge on any atom is 0.329 e. The lowest BCUT2D eigenvalue weighted by molar-refractivity contribution is 0.701. The molecule has 1 aromatic heterocycles. The highest BCUT2D eigenvalue weighted by atomic mass is 35.5. The van der Waals surface area contributed by atoms with Crippen molar-refractivity contribution in [2.75, 3.05) is 0 Å². The van der Waals surface area contributed by atoms with Crippen LogP contribution in [0.15, 0.2) is 83.7 Å². The molecule has 0 saturated carbocycles. The van der Waals surface area contributed by atoms with Crippen molar-refractivity contribution in [1.82, 2.24) is 9.13 Å². The van der Waals surface area contributed by atoms with E-state index in [-0.39, 0.29) is 5.69 Å². The summed E-state index contributed by atoms with van der Waals surface area (Å²) in [5, 5.41) is 0.679. The van der Waals surface area contributed by atoms with Crippen molar-refractivity contribution < 1.29 is 0 Å². The second-order valence-electron chi connectivity index (χ2n) is 6.06. The number of rotatable bonds is 4. The highest BCUT2D eigenvalue weighted by Crippen LogP contribution is 2.17. The van der Waals surface area contributed by atoms with E-state index >= 15 is 0 Å². The van der Waals surface area contributed by atoms with E-state index < -0.39 is 0 Å². The van der Waals surface area contributed by atoms with Crippen LogP contribution in [-0.4, -0.2) is 9.13 Å². The van der Waals surface area contributed by atoms with E-state index in [4.69, 9.17) is 11.6 Å². The molecule has 1 heterocycles. The zero-order chi connectivity index (χ0) is 17.2. The van der Waals surface area contributed by atoms with E-state index in [0.29, 0.717) is 18.1 Å². The Morgan fingerprint density at radius 2 is 1.24 bits per heavy atom. The van der Waals surface area contributed by atoms with Crippen LogP contribution in [-0.2, 0) is 13.1 Å². The molecule has 0 aliphatic heterocycles. The number of fused-ring (bicyclic) bond motifs is 1. The molecule has 0 aliphatic carbocycles. The predicted molar refractivity (Wildman–Crippen MR) is 102 cm³/mol. The molecular formula is C21H17ClN2O. The number of para-hydroxylation sites is 2. The van der Waals surface area contributed by atoms with Crippen LogP contribution in [0.25, 0.3) is 11.0 Å². The van der Waals surface area contributed by atoms with Crippen LogP contribution >= 0.6 is 11.6 Å². The van der Waals surface area contributed by atoms with Crippen LogP contribution in [0.4, 0.5) is 0 Å². The van der Waals surface area contributed by atoms with Crippen molar-refractivity contribution in [3.8, 4) is 0 Å². The molecule has 0 unspecified atom stereocenters. The van der Waals surface area contributed by atoms with E-state index in [2.05, 4.69) is 0 Å². The van der Waals surface area contributed by atoms with Gasteiger partial charge in [-0.2, -0.15) is 0 Å². The molecule has 0 radical (unpaired) electrons. The van der Waals surface area contributed by atoms with Gasteiger partial charge in [-0.15, -0.1) is 0 Å². The first-order valence-corrected chi connectivity index (χ1v) is 8.56. The molecule has 4 rings (SSSR count). The van der Waals surface area contributed by atoms with Gasteiger partial charge < -0.3 is 0 Å².